The minimum atomic E-state index is -0.318. The van der Waals surface area contributed by atoms with E-state index in [0.717, 1.165) is 39.2 Å². The first-order valence-electron chi connectivity index (χ1n) is 9.38. The maximum absolute atomic E-state index is 6.58. The molecule has 30 heavy (non-hydrogen) atoms. The summed E-state index contributed by atoms with van der Waals surface area (Å²) >= 11 is 0. The summed E-state index contributed by atoms with van der Waals surface area (Å²) in [6, 6.07) is 17.6. The molecule has 1 aromatic carbocycles. The third-order valence-electron chi connectivity index (χ3n) is 4.90. The van der Waals surface area contributed by atoms with Gasteiger partial charge < -0.3 is 5.73 Å². The Morgan fingerprint density at radius 2 is 1.90 bits per heavy atom. The van der Waals surface area contributed by atoms with E-state index in [-0.39, 0.29) is 18.4 Å². The van der Waals surface area contributed by atoms with E-state index in [1.54, 1.807) is 12.4 Å². The fraction of sp³-hybridized carbons (Fsp3) is 0.0909. The van der Waals surface area contributed by atoms with E-state index in [9.17, 15) is 0 Å². The van der Waals surface area contributed by atoms with E-state index in [1.165, 1.54) is 0 Å². The number of pyridine rings is 2. The summed E-state index contributed by atoms with van der Waals surface area (Å²) in [7, 11) is 0. The molecule has 0 spiro atoms. The number of nitrogens with one attached hydrogen (secondary N) is 1. The van der Waals surface area contributed by atoms with Gasteiger partial charge in [-0.3, -0.25) is 15.1 Å². The summed E-state index contributed by atoms with van der Waals surface area (Å²) in [4.78, 5) is 9.31. The maximum atomic E-state index is 6.58. The van der Waals surface area contributed by atoms with Gasteiger partial charge in [0.2, 0.25) is 0 Å². The van der Waals surface area contributed by atoms with E-state index < -0.39 is 0 Å². The Labute approximate surface area is 179 Å². The van der Waals surface area contributed by atoms with Crippen LogP contribution in [0.2, 0.25) is 0 Å². The molecule has 1 unspecified atom stereocenters. The third-order valence-corrected chi connectivity index (χ3v) is 4.90. The maximum Gasteiger partial charge on any atom is 0.0884 e. The molecule has 150 valence electrons. The lowest BCUT2D eigenvalue weighted by atomic mass is 10.1. The van der Waals surface area contributed by atoms with Gasteiger partial charge in [-0.2, -0.15) is 10.2 Å². The number of aromatic amines is 1. The monoisotopic (exact) mass is 417 g/mol. The Balaban J connectivity index is 0.00000218. The largest absolute Gasteiger partial charge is 0.322 e. The molecule has 0 aliphatic carbocycles. The Bertz CT molecular complexity index is 1260. The zero-order valence-electron chi connectivity index (χ0n) is 16.0. The lowest BCUT2D eigenvalue weighted by Crippen LogP contribution is -2.18. The highest BCUT2D eigenvalue weighted by atomic mass is 35.5. The normalized spacial score (nSPS) is 11.9. The molecule has 1 atom stereocenters. The van der Waals surface area contributed by atoms with E-state index in [2.05, 4.69) is 20.3 Å². The van der Waals surface area contributed by atoms with Crippen LogP contribution in [-0.4, -0.2) is 29.9 Å². The highest BCUT2D eigenvalue weighted by molar-refractivity contribution is 5.85. The van der Waals surface area contributed by atoms with Crippen LogP contribution in [0, 0.1) is 0 Å². The van der Waals surface area contributed by atoms with Gasteiger partial charge in [-0.15, -0.1) is 12.4 Å². The topological polar surface area (TPSA) is 98.3 Å². The van der Waals surface area contributed by atoms with Gasteiger partial charge in [0, 0.05) is 35.5 Å². The highest BCUT2D eigenvalue weighted by Gasteiger charge is 2.17. The minimum Gasteiger partial charge on any atom is -0.322 e. The molecule has 5 aromatic rings. The Morgan fingerprint density at radius 3 is 2.77 bits per heavy atom. The number of H-pyrrole nitrogens is 1. The van der Waals surface area contributed by atoms with Crippen LogP contribution >= 0.6 is 12.4 Å². The number of hydrogen-bond acceptors (Lipinski definition) is 5. The second-order valence-electron chi connectivity index (χ2n) is 6.83. The fourth-order valence-electron chi connectivity index (χ4n) is 3.50. The number of fused-ring (bicyclic) bond motifs is 1. The van der Waals surface area contributed by atoms with Gasteiger partial charge in [-0.25, -0.2) is 4.68 Å². The number of para-hydroxylation sites is 1. The van der Waals surface area contributed by atoms with Gasteiger partial charge in [-0.1, -0.05) is 24.3 Å². The van der Waals surface area contributed by atoms with Crippen molar-refractivity contribution in [3.05, 3.63) is 90.8 Å². The fourth-order valence-corrected chi connectivity index (χ4v) is 3.50. The minimum absolute atomic E-state index is 0. The molecule has 0 fully saturated rings. The highest BCUT2D eigenvalue weighted by Crippen LogP contribution is 2.25. The van der Waals surface area contributed by atoms with Gasteiger partial charge in [0.25, 0.3) is 0 Å². The molecule has 0 radical (unpaired) electrons. The van der Waals surface area contributed by atoms with Crippen molar-refractivity contribution in [1.29, 1.82) is 0 Å². The number of hydrogen-bond donors (Lipinski definition) is 2. The van der Waals surface area contributed by atoms with Gasteiger partial charge in [0.15, 0.2) is 0 Å². The summed E-state index contributed by atoms with van der Waals surface area (Å²) in [6.07, 6.45) is 7.76. The SMILES string of the molecule is Cl.NC(Cc1cccc(-c2cn[nH]c2)n1)c1ncccc1-n1ncc2ccccc21. The molecule has 3 N–H and O–H groups in total. The number of benzene rings is 1. The number of nitrogens with zero attached hydrogens (tertiary/aromatic N) is 5. The quantitative estimate of drug-likeness (QED) is 0.452. The summed E-state index contributed by atoms with van der Waals surface area (Å²) < 4.78 is 1.90. The van der Waals surface area contributed by atoms with Crippen molar-refractivity contribution < 1.29 is 0 Å². The Kier molecular flexibility index (Phi) is 5.56. The van der Waals surface area contributed by atoms with Crippen LogP contribution in [0.15, 0.2) is 79.4 Å². The van der Waals surface area contributed by atoms with Crippen LogP contribution < -0.4 is 5.73 Å². The molecule has 0 bridgehead atoms. The standard InChI is InChI=1S/C22H19N7.ClH/c23-18(11-17-6-3-7-19(28-17)16-12-25-26-13-16)22-21(9-4-10-24-22)29-20-8-2-1-5-15(20)14-27-29;/h1-10,12-14,18H,11,23H2,(H,25,26);1H. The van der Waals surface area contributed by atoms with E-state index >= 15 is 0 Å². The Morgan fingerprint density at radius 1 is 1.00 bits per heavy atom. The van der Waals surface area contributed by atoms with Crippen LogP contribution in [0.4, 0.5) is 0 Å². The van der Waals surface area contributed by atoms with E-state index in [1.807, 2.05) is 71.7 Å². The lowest BCUT2D eigenvalue weighted by Gasteiger charge is -2.16. The summed E-state index contributed by atoms with van der Waals surface area (Å²) in [5, 5.41) is 12.4. The van der Waals surface area contributed by atoms with Crippen LogP contribution in [0.25, 0.3) is 27.8 Å². The van der Waals surface area contributed by atoms with E-state index in [0.29, 0.717) is 6.42 Å². The van der Waals surface area contributed by atoms with Crippen molar-refractivity contribution in [3.63, 3.8) is 0 Å². The molecule has 0 saturated heterocycles. The van der Waals surface area contributed by atoms with Crippen molar-refractivity contribution in [2.24, 2.45) is 5.73 Å². The predicted octanol–water partition coefficient (Wildman–Crippen LogP) is 3.87. The average molecular weight is 418 g/mol. The van der Waals surface area contributed by atoms with Crippen molar-refractivity contribution in [1.82, 2.24) is 29.9 Å². The zero-order valence-corrected chi connectivity index (χ0v) is 16.8. The van der Waals surface area contributed by atoms with Gasteiger partial charge in [-0.05, 0) is 30.3 Å². The first-order valence-corrected chi connectivity index (χ1v) is 9.38. The lowest BCUT2D eigenvalue weighted by molar-refractivity contribution is 0.673. The van der Waals surface area contributed by atoms with Crippen molar-refractivity contribution in [3.8, 4) is 16.9 Å². The van der Waals surface area contributed by atoms with Crippen LogP contribution in [0.3, 0.4) is 0 Å². The molecule has 7 nitrogen and oxygen atoms in total. The summed E-state index contributed by atoms with van der Waals surface area (Å²) in [5.74, 6) is 0. The molecule has 4 heterocycles. The number of nitrogens with two attached hydrogens (primary N) is 1. The first kappa shape index (κ1) is 19.8. The second-order valence-corrected chi connectivity index (χ2v) is 6.83. The molecule has 0 aliphatic heterocycles. The second kappa shape index (κ2) is 8.44. The molecular weight excluding hydrogens is 398 g/mol. The molecular formula is C22H20ClN7. The van der Waals surface area contributed by atoms with Gasteiger partial charge in [0.05, 0.1) is 41.0 Å². The van der Waals surface area contributed by atoms with Gasteiger partial charge in [0.1, 0.15) is 0 Å². The van der Waals surface area contributed by atoms with Crippen LogP contribution in [0.5, 0.6) is 0 Å². The van der Waals surface area contributed by atoms with Crippen LogP contribution in [-0.2, 0) is 6.42 Å². The molecule has 4 aromatic heterocycles. The number of aromatic nitrogens is 6. The predicted molar refractivity (Wildman–Crippen MR) is 119 cm³/mol. The zero-order chi connectivity index (χ0) is 19.6. The van der Waals surface area contributed by atoms with Gasteiger partial charge >= 0.3 is 0 Å². The summed E-state index contributed by atoms with van der Waals surface area (Å²) in [6.45, 7) is 0. The van der Waals surface area contributed by atoms with Crippen LogP contribution in [0.1, 0.15) is 17.4 Å². The van der Waals surface area contributed by atoms with Crippen molar-refractivity contribution in [2.45, 2.75) is 12.5 Å². The number of halogens is 1. The number of rotatable bonds is 5. The van der Waals surface area contributed by atoms with Crippen molar-refractivity contribution in [2.75, 3.05) is 0 Å². The molecule has 8 heteroatoms. The molecule has 0 aliphatic rings. The third kappa shape index (κ3) is 3.68. The average Bonchev–Trinajstić information content (AvgIpc) is 3.44. The smallest absolute Gasteiger partial charge is 0.0884 e. The molecule has 0 saturated carbocycles. The first-order chi connectivity index (χ1) is 14.3. The molecule has 0 amide bonds. The van der Waals surface area contributed by atoms with E-state index in [4.69, 9.17) is 10.7 Å². The summed E-state index contributed by atoms with van der Waals surface area (Å²) in [5.41, 5.74) is 12.0. The molecule has 5 rings (SSSR count). The van der Waals surface area contributed by atoms with Crippen molar-refractivity contribution >= 4 is 23.3 Å². The Hall–Kier alpha value is -3.55.